The van der Waals surface area contributed by atoms with Crippen molar-refractivity contribution in [2.24, 2.45) is 0 Å². The van der Waals surface area contributed by atoms with Crippen molar-refractivity contribution >= 4 is 33.5 Å². The molecule has 2 aromatic carbocycles. The predicted molar refractivity (Wildman–Crippen MR) is 84.7 cm³/mol. The summed E-state index contributed by atoms with van der Waals surface area (Å²) in [7, 11) is 0. The number of aryl methyl sites for hydroxylation is 1. The maximum Gasteiger partial charge on any atom is 0.147 e. The number of carbonyl (C=O) groups is 1. The van der Waals surface area contributed by atoms with Gasteiger partial charge in [0.25, 0.3) is 0 Å². The Kier molecular flexibility index (Phi) is 5.38. The number of benzene rings is 2. The molecule has 0 aliphatic carbocycles. The molecule has 0 saturated heterocycles. The van der Waals surface area contributed by atoms with Gasteiger partial charge in [-0.2, -0.15) is 0 Å². The maximum absolute atomic E-state index is 13.6. The predicted octanol–water partition coefficient (Wildman–Crippen LogP) is 4.80. The van der Waals surface area contributed by atoms with Crippen LogP contribution in [0.15, 0.2) is 51.8 Å². The number of hydrogen-bond donors (Lipinski definition) is 0. The summed E-state index contributed by atoms with van der Waals surface area (Å²) in [4.78, 5) is 13.0. The maximum atomic E-state index is 13.6. The van der Waals surface area contributed by atoms with Gasteiger partial charge >= 0.3 is 0 Å². The molecule has 0 fully saturated rings. The lowest BCUT2D eigenvalue weighted by atomic mass is 10.1. The van der Waals surface area contributed by atoms with Crippen LogP contribution in [0.4, 0.5) is 4.39 Å². The Bertz CT molecular complexity index is 610. The first kappa shape index (κ1) is 15.3. The lowest BCUT2D eigenvalue weighted by molar-refractivity contribution is -0.116. The van der Waals surface area contributed by atoms with Gasteiger partial charge in [0, 0.05) is 15.8 Å². The van der Waals surface area contributed by atoms with Crippen molar-refractivity contribution in [2.45, 2.75) is 18.2 Å². The van der Waals surface area contributed by atoms with Gasteiger partial charge in [0.05, 0.1) is 5.75 Å². The van der Waals surface area contributed by atoms with Crippen LogP contribution < -0.4 is 0 Å². The zero-order chi connectivity index (χ0) is 14.5. The monoisotopic (exact) mass is 352 g/mol. The third-order valence-electron chi connectivity index (χ3n) is 2.82. The fourth-order valence-electron chi connectivity index (χ4n) is 1.74. The van der Waals surface area contributed by atoms with Crippen LogP contribution in [-0.2, 0) is 11.2 Å². The number of thioether (sulfide) groups is 1. The molecule has 0 heterocycles. The van der Waals surface area contributed by atoms with Crippen LogP contribution in [0, 0.1) is 12.7 Å². The smallest absolute Gasteiger partial charge is 0.147 e. The summed E-state index contributed by atoms with van der Waals surface area (Å²) in [6, 6.07) is 12.7. The molecular weight excluding hydrogens is 339 g/mol. The SMILES string of the molecule is Cc1ccc(SCC(=O)Cc2cc(Br)ccc2F)cc1. The van der Waals surface area contributed by atoms with E-state index in [9.17, 15) is 9.18 Å². The van der Waals surface area contributed by atoms with Crippen LogP contribution >= 0.6 is 27.7 Å². The van der Waals surface area contributed by atoms with Crippen LogP contribution in [0.2, 0.25) is 0 Å². The fraction of sp³-hybridized carbons (Fsp3) is 0.188. The summed E-state index contributed by atoms with van der Waals surface area (Å²) in [5, 5.41) is 0. The van der Waals surface area contributed by atoms with E-state index in [1.165, 1.54) is 23.4 Å². The van der Waals surface area contributed by atoms with E-state index in [1.54, 1.807) is 12.1 Å². The minimum atomic E-state index is -0.332. The van der Waals surface area contributed by atoms with Gasteiger partial charge in [0.1, 0.15) is 11.6 Å². The fourth-order valence-corrected chi connectivity index (χ4v) is 2.91. The molecule has 0 N–H and O–H groups in total. The van der Waals surface area contributed by atoms with E-state index in [2.05, 4.69) is 15.9 Å². The normalized spacial score (nSPS) is 10.6. The zero-order valence-electron chi connectivity index (χ0n) is 11.0. The molecule has 2 rings (SSSR count). The number of carbonyl (C=O) groups excluding carboxylic acids is 1. The molecule has 0 saturated carbocycles. The molecule has 2 aromatic rings. The Morgan fingerprint density at radius 2 is 1.90 bits per heavy atom. The van der Waals surface area contributed by atoms with Crippen LogP contribution in [-0.4, -0.2) is 11.5 Å². The molecular formula is C16H14BrFOS. The second-order valence-electron chi connectivity index (χ2n) is 4.55. The summed E-state index contributed by atoms with van der Waals surface area (Å²) >= 11 is 4.77. The first-order chi connectivity index (χ1) is 9.54. The number of rotatable bonds is 5. The standard InChI is InChI=1S/C16H14BrFOS/c1-11-2-5-15(6-3-11)20-10-14(19)9-12-8-13(17)4-7-16(12)18/h2-8H,9-10H2,1H3. The highest BCUT2D eigenvalue weighted by atomic mass is 79.9. The molecule has 0 aliphatic rings. The highest BCUT2D eigenvalue weighted by molar-refractivity contribution is 9.10. The van der Waals surface area contributed by atoms with Crippen molar-refractivity contribution in [3.8, 4) is 0 Å². The Morgan fingerprint density at radius 3 is 2.60 bits per heavy atom. The summed E-state index contributed by atoms with van der Waals surface area (Å²) in [5.74, 6) is 0.0455. The van der Waals surface area contributed by atoms with Gasteiger partial charge in [-0.15, -0.1) is 11.8 Å². The number of Topliss-reactive ketones (excluding diaryl/α,β-unsaturated/α-hetero) is 1. The Morgan fingerprint density at radius 1 is 1.20 bits per heavy atom. The van der Waals surface area contributed by atoms with Crippen molar-refractivity contribution in [2.75, 3.05) is 5.75 Å². The first-order valence-corrected chi connectivity index (χ1v) is 7.97. The van der Waals surface area contributed by atoms with E-state index in [0.29, 0.717) is 11.3 Å². The van der Waals surface area contributed by atoms with Crippen LogP contribution in [0.3, 0.4) is 0 Å². The molecule has 4 heteroatoms. The van der Waals surface area contributed by atoms with E-state index in [0.717, 1.165) is 9.37 Å². The lowest BCUT2D eigenvalue weighted by Crippen LogP contribution is -2.07. The Balaban J connectivity index is 1.92. The average Bonchev–Trinajstić information content (AvgIpc) is 2.42. The van der Waals surface area contributed by atoms with Crippen molar-refractivity contribution in [1.29, 1.82) is 0 Å². The quantitative estimate of drug-likeness (QED) is 0.719. The number of ketones is 1. The second kappa shape index (κ2) is 7.04. The van der Waals surface area contributed by atoms with Crippen LogP contribution in [0.5, 0.6) is 0 Å². The summed E-state index contributed by atoms with van der Waals surface area (Å²) in [6.45, 7) is 2.02. The Hall–Kier alpha value is -1.13. The van der Waals surface area contributed by atoms with Gasteiger partial charge in [-0.3, -0.25) is 4.79 Å². The van der Waals surface area contributed by atoms with E-state index in [1.807, 2.05) is 31.2 Å². The largest absolute Gasteiger partial charge is 0.298 e. The van der Waals surface area contributed by atoms with E-state index in [4.69, 9.17) is 0 Å². The van der Waals surface area contributed by atoms with Gasteiger partial charge < -0.3 is 0 Å². The molecule has 0 atom stereocenters. The molecule has 0 amide bonds. The topological polar surface area (TPSA) is 17.1 Å². The van der Waals surface area contributed by atoms with Crippen molar-refractivity contribution in [3.05, 3.63) is 63.9 Å². The second-order valence-corrected chi connectivity index (χ2v) is 6.52. The van der Waals surface area contributed by atoms with E-state index in [-0.39, 0.29) is 18.0 Å². The van der Waals surface area contributed by atoms with Crippen molar-refractivity contribution < 1.29 is 9.18 Å². The lowest BCUT2D eigenvalue weighted by Gasteiger charge is -2.04. The van der Waals surface area contributed by atoms with Crippen LogP contribution in [0.1, 0.15) is 11.1 Å². The molecule has 0 aliphatic heterocycles. The third-order valence-corrected chi connectivity index (χ3v) is 4.38. The summed E-state index contributed by atoms with van der Waals surface area (Å²) in [6.07, 6.45) is 0.129. The van der Waals surface area contributed by atoms with Crippen LogP contribution in [0.25, 0.3) is 0 Å². The number of halogens is 2. The van der Waals surface area contributed by atoms with Gasteiger partial charge in [-0.05, 0) is 42.8 Å². The first-order valence-electron chi connectivity index (χ1n) is 6.19. The van der Waals surface area contributed by atoms with E-state index < -0.39 is 0 Å². The zero-order valence-corrected chi connectivity index (χ0v) is 13.4. The molecule has 0 aromatic heterocycles. The minimum absolute atomic E-state index is 0.0209. The molecule has 0 bridgehead atoms. The number of hydrogen-bond acceptors (Lipinski definition) is 2. The van der Waals surface area contributed by atoms with E-state index >= 15 is 0 Å². The van der Waals surface area contributed by atoms with Gasteiger partial charge in [0.15, 0.2) is 0 Å². The van der Waals surface area contributed by atoms with Crippen molar-refractivity contribution in [3.63, 3.8) is 0 Å². The molecule has 104 valence electrons. The summed E-state index contributed by atoms with van der Waals surface area (Å²) < 4.78 is 14.3. The highest BCUT2D eigenvalue weighted by Gasteiger charge is 2.09. The molecule has 1 nitrogen and oxygen atoms in total. The Labute approximate surface area is 130 Å². The summed E-state index contributed by atoms with van der Waals surface area (Å²) in [5.41, 5.74) is 1.63. The van der Waals surface area contributed by atoms with Crippen molar-refractivity contribution in [1.82, 2.24) is 0 Å². The van der Waals surface area contributed by atoms with Gasteiger partial charge in [-0.25, -0.2) is 4.39 Å². The highest BCUT2D eigenvalue weighted by Crippen LogP contribution is 2.20. The van der Waals surface area contributed by atoms with Gasteiger partial charge in [0.2, 0.25) is 0 Å². The molecule has 0 spiro atoms. The molecule has 20 heavy (non-hydrogen) atoms. The van der Waals surface area contributed by atoms with Gasteiger partial charge in [-0.1, -0.05) is 33.6 Å². The third kappa shape index (κ3) is 4.46. The minimum Gasteiger partial charge on any atom is -0.298 e. The average molecular weight is 353 g/mol. The molecule has 0 unspecified atom stereocenters. The molecule has 0 radical (unpaired) electrons.